The van der Waals surface area contributed by atoms with Crippen LogP contribution >= 0.6 is 0 Å². The molecular weight excluding hydrogens is 411 g/mol. The van der Waals surface area contributed by atoms with Crippen molar-refractivity contribution in [3.05, 3.63) is 35.4 Å². The summed E-state index contributed by atoms with van der Waals surface area (Å²) in [4.78, 5) is 28.5. The summed E-state index contributed by atoms with van der Waals surface area (Å²) in [7, 11) is 0. The van der Waals surface area contributed by atoms with Crippen molar-refractivity contribution < 1.29 is 27.5 Å². The summed E-state index contributed by atoms with van der Waals surface area (Å²) in [5.41, 5.74) is 0.261. The van der Waals surface area contributed by atoms with Gasteiger partial charge in [0, 0.05) is 26.2 Å². The fourth-order valence-electron chi connectivity index (χ4n) is 4.72. The lowest BCUT2D eigenvalue weighted by atomic mass is 9.90. The molecule has 3 aliphatic heterocycles. The molecular formula is C22H28F3N3O3. The minimum atomic E-state index is -4.32. The van der Waals surface area contributed by atoms with E-state index in [1.54, 1.807) is 24.0 Å². The summed E-state index contributed by atoms with van der Waals surface area (Å²) in [5.74, 6) is 0.207. The second kappa shape index (κ2) is 8.68. The second-order valence-corrected chi connectivity index (χ2v) is 8.78. The van der Waals surface area contributed by atoms with Gasteiger partial charge in [-0.25, -0.2) is 4.79 Å². The quantitative estimate of drug-likeness (QED) is 0.771. The average molecular weight is 439 g/mol. The lowest BCUT2D eigenvalue weighted by Crippen LogP contribution is -2.64. The van der Waals surface area contributed by atoms with Crippen LogP contribution in [0.5, 0.6) is 0 Å². The number of likely N-dealkylation sites (tertiary alicyclic amines) is 2. The number of fused-ring (bicyclic) bond motifs is 1. The number of piperidine rings is 2. The van der Waals surface area contributed by atoms with Crippen LogP contribution in [0.2, 0.25) is 0 Å². The van der Waals surface area contributed by atoms with Gasteiger partial charge in [0.05, 0.1) is 17.7 Å². The number of benzene rings is 1. The molecule has 3 fully saturated rings. The maximum Gasteiger partial charge on any atom is 0.416 e. The Bertz CT molecular complexity index is 806. The van der Waals surface area contributed by atoms with Crippen molar-refractivity contribution in [3.8, 4) is 0 Å². The van der Waals surface area contributed by atoms with Gasteiger partial charge in [-0.3, -0.25) is 4.79 Å². The predicted molar refractivity (Wildman–Crippen MR) is 107 cm³/mol. The van der Waals surface area contributed by atoms with Gasteiger partial charge in [-0.05, 0) is 56.2 Å². The highest BCUT2D eigenvalue weighted by molar-refractivity contribution is 5.81. The minimum absolute atomic E-state index is 0.0145. The van der Waals surface area contributed by atoms with Crippen molar-refractivity contribution in [2.24, 2.45) is 5.92 Å². The van der Waals surface area contributed by atoms with Crippen molar-refractivity contribution in [1.29, 1.82) is 0 Å². The van der Waals surface area contributed by atoms with Crippen LogP contribution in [0.15, 0.2) is 24.3 Å². The number of nitrogens with zero attached hydrogens (tertiary/aromatic N) is 2. The van der Waals surface area contributed by atoms with Crippen molar-refractivity contribution >= 4 is 11.9 Å². The van der Waals surface area contributed by atoms with E-state index in [0.29, 0.717) is 38.5 Å². The van der Waals surface area contributed by atoms with Gasteiger partial charge in [0.2, 0.25) is 5.91 Å². The Balaban J connectivity index is 1.26. The van der Waals surface area contributed by atoms with Crippen LogP contribution < -0.4 is 5.32 Å². The van der Waals surface area contributed by atoms with E-state index in [4.69, 9.17) is 4.74 Å². The van der Waals surface area contributed by atoms with Crippen LogP contribution in [-0.4, -0.2) is 66.2 Å². The predicted octanol–water partition coefficient (Wildman–Crippen LogP) is 3.06. The number of hydrogen-bond acceptors (Lipinski definition) is 3. The molecule has 3 amide bonds. The maximum atomic E-state index is 13.0. The number of urea groups is 1. The van der Waals surface area contributed by atoms with E-state index in [2.05, 4.69) is 5.32 Å². The minimum Gasteiger partial charge on any atom is -0.363 e. The summed E-state index contributed by atoms with van der Waals surface area (Å²) < 4.78 is 43.9. The van der Waals surface area contributed by atoms with Crippen molar-refractivity contribution in [3.63, 3.8) is 0 Å². The van der Waals surface area contributed by atoms with Crippen molar-refractivity contribution in [2.45, 2.75) is 57.0 Å². The number of carbonyl (C=O) groups is 2. The Morgan fingerprint density at radius 2 is 1.74 bits per heavy atom. The molecule has 1 aromatic rings. The van der Waals surface area contributed by atoms with E-state index < -0.39 is 17.8 Å². The molecule has 4 rings (SSSR count). The first kappa shape index (κ1) is 21.9. The monoisotopic (exact) mass is 439 g/mol. The van der Waals surface area contributed by atoms with Gasteiger partial charge in [0.1, 0.15) is 6.10 Å². The molecule has 31 heavy (non-hydrogen) atoms. The molecule has 0 radical (unpaired) electrons. The SMILES string of the molecule is C[C@H]1OC2CCN(C(=O)N3CCC(Cc4ccc(C(F)(F)F)cc4)CC3)C[C@H]2NC1=O. The number of carbonyl (C=O) groups excluding carboxylic acids is 2. The van der Waals surface area contributed by atoms with Crippen molar-refractivity contribution in [1.82, 2.24) is 15.1 Å². The van der Waals surface area contributed by atoms with E-state index in [-0.39, 0.29) is 24.1 Å². The normalized spacial score (nSPS) is 27.6. The van der Waals surface area contributed by atoms with Crippen LogP contribution in [0.25, 0.3) is 0 Å². The third kappa shape index (κ3) is 4.97. The van der Waals surface area contributed by atoms with Gasteiger partial charge in [0.25, 0.3) is 0 Å². The maximum absolute atomic E-state index is 13.0. The molecule has 1 unspecified atom stereocenters. The Morgan fingerprint density at radius 3 is 2.39 bits per heavy atom. The zero-order valence-corrected chi connectivity index (χ0v) is 17.5. The third-order valence-electron chi connectivity index (χ3n) is 6.59. The number of hydrogen-bond donors (Lipinski definition) is 1. The average Bonchev–Trinajstić information content (AvgIpc) is 2.74. The molecule has 3 saturated heterocycles. The number of amides is 3. The smallest absolute Gasteiger partial charge is 0.363 e. The van der Waals surface area contributed by atoms with Gasteiger partial charge in [-0.2, -0.15) is 13.2 Å². The van der Waals surface area contributed by atoms with E-state index >= 15 is 0 Å². The lowest BCUT2D eigenvalue weighted by molar-refractivity contribution is -0.151. The number of halogens is 3. The van der Waals surface area contributed by atoms with Gasteiger partial charge in [-0.15, -0.1) is 0 Å². The molecule has 0 spiro atoms. The van der Waals surface area contributed by atoms with Crippen LogP contribution in [-0.2, 0) is 22.1 Å². The molecule has 6 nitrogen and oxygen atoms in total. The largest absolute Gasteiger partial charge is 0.416 e. The molecule has 9 heteroatoms. The van der Waals surface area contributed by atoms with E-state index in [1.165, 1.54) is 0 Å². The molecule has 170 valence electrons. The second-order valence-electron chi connectivity index (χ2n) is 8.78. The summed E-state index contributed by atoms with van der Waals surface area (Å²) in [5, 5.41) is 2.96. The molecule has 3 atom stereocenters. The first-order valence-electron chi connectivity index (χ1n) is 10.9. The highest BCUT2D eigenvalue weighted by Crippen LogP contribution is 2.30. The number of nitrogens with one attached hydrogen (secondary N) is 1. The van der Waals surface area contributed by atoms with Crippen LogP contribution in [0.4, 0.5) is 18.0 Å². The summed E-state index contributed by atoms with van der Waals surface area (Å²) in [6.07, 6.45) is -1.75. The van der Waals surface area contributed by atoms with Gasteiger partial charge in [0.15, 0.2) is 0 Å². The molecule has 0 bridgehead atoms. The zero-order valence-electron chi connectivity index (χ0n) is 17.5. The van der Waals surface area contributed by atoms with Gasteiger partial charge in [-0.1, -0.05) is 12.1 Å². The highest BCUT2D eigenvalue weighted by Gasteiger charge is 2.40. The fraction of sp³-hybridized carbons (Fsp3) is 0.636. The molecule has 3 aliphatic rings. The molecule has 0 aromatic heterocycles. The standard InChI is InChI=1S/C22H28F3N3O3/c1-14-20(29)26-18-13-28(11-8-19(18)31-14)21(30)27-9-6-16(7-10-27)12-15-2-4-17(5-3-15)22(23,24)25/h2-5,14,16,18-19H,6-13H2,1H3,(H,26,29)/t14-,18-,19?/m1/s1. The number of rotatable bonds is 2. The topological polar surface area (TPSA) is 61.9 Å². The third-order valence-corrected chi connectivity index (χ3v) is 6.59. The number of ether oxygens (including phenoxy) is 1. The van der Waals surface area contributed by atoms with E-state index in [9.17, 15) is 22.8 Å². The molecule has 3 heterocycles. The van der Waals surface area contributed by atoms with Gasteiger partial charge >= 0.3 is 12.2 Å². The zero-order chi connectivity index (χ0) is 22.2. The molecule has 1 aromatic carbocycles. The first-order valence-corrected chi connectivity index (χ1v) is 10.9. The Morgan fingerprint density at radius 1 is 1.10 bits per heavy atom. The van der Waals surface area contributed by atoms with Gasteiger partial charge < -0.3 is 19.9 Å². The summed E-state index contributed by atoms with van der Waals surface area (Å²) in [6.45, 7) is 4.06. The first-order chi connectivity index (χ1) is 14.7. The number of morpholine rings is 1. The number of alkyl halides is 3. The highest BCUT2D eigenvalue weighted by atomic mass is 19.4. The van der Waals surface area contributed by atoms with Crippen LogP contribution in [0.1, 0.15) is 37.3 Å². The molecule has 1 N–H and O–H groups in total. The van der Waals surface area contributed by atoms with Crippen LogP contribution in [0.3, 0.4) is 0 Å². The Labute approximate surface area is 179 Å². The molecule has 0 saturated carbocycles. The lowest BCUT2D eigenvalue weighted by Gasteiger charge is -2.44. The van der Waals surface area contributed by atoms with E-state index in [1.807, 2.05) is 4.90 Å². The fourth-order valence-corrected chi connectivity index (χ4v) is 4.72. The van der Waals surface area contributed by atoms with Crippen molar-refractivity contribution in [2.75, 3.05) is 26.2 Å². The van der Waals surface area contributed by atoms with Crippen LogP contribution in [0, 0.1) is 5.92 Å². The summed E-state index contributed by atoms with van der Waals surface area (Å²) >= 11 is 0. The Hall–Kier alpha value is -2.29. The molecule has 0 aliphatic carbocycles. The Kier molecular flexibility index (Phi) is 6.14. The van der Waals surface area contributed by atoms with E-state index in [0.717, 1.165) is 37.0 Å². The summed E-state index contributed by atoms with van der Waals surface area (Å²) in [6, 6.07) is 5.17.